The first-order valence-electron chi connectivity index (χ1n) is 4.81. The van der Waals surface area contributed by atoms with Gasteiger partial charge in [-0.3, -0.25) is 0 Å². The van der Waals surface area contributed by atoms with E-state index in [2.05, 4.69) is 10.9 Å². The summed E-state index contributed by atoms with van der Waals surface area (Å²) in [4.78, 5) is 4.04. The minimum absolute atomic E-state index is 0.162. The van der Waals surface area contributed by atoms with Gasteiger partial charge in [0.25, 0.3) is 0 Å². The predicted octanol–water partition coefficient (Wildman–Crippen LogP) is 3.10. The Kier molecular flexibility index (Phi) is 2.99. The van der Waals surface area contributed by atoms with Crippen molar-refractivity contribution in [2.24, 2.45) is 0 Å². The second-order valence-electron chi connectivity index (χ2n) is 3.38. The molecule has 0 spiro atoms. The lowest BCUT2D eigenvalue weighted by molar-refractivity contribution is 0.631. The van der Waals surface area contributed by atoms with Crippen molar-refractivity contribution in [3.05, 3.63) is 46.7 Å². The molecule has 1 aromatic heterocycles. The molecule has 4 heteroatoms. The Bertz CT molecular complexity index is 617. The Morgan fingerprint density at radius 1 is 1.35 bits per heavy atom. The maximum atomic E-state index is 13.6. The standard InChI is InChI=1S/C13H8ClFN2/c1-2-8-7-10(14)12(17-13(8)16)9-5-3-4-6-11(9)15/h1,3-7H,(H2,16,17). The van der Waals surface area contributed by atoms with E-state index in [0.29, 0.717) is 16.8 Å². The number of pyridine rings is 1. The van der Waals surface area contributed by atoms with Crippen LogP contribution in [0.2, 0.25) is 5.02 Å². The molecule has 0 bridgehead atoms. The van der Waals surface area contributed by atoms with Gasteiger partial charge in [-0.15, -0.1) is 6.42 Å². The van der Waals surface area contributed by atoms with Crippen LogP contribution in [0, 0.1) is 18.2 Å². The van der Waals surface area contributed by atoms with Gasteiger partial charge in [0.15, 0.2) is 0 Å². The van der Waals surface area contributed by atoms with Crippen LogP contribution in [0.5, 0.6) is 0 Å². The average Bonchev–Trinajstić information content (AvgIpc) is 2.32. The first kappa shape index (κ1) is 11.4. The highest BCUT2D eigenvalue weighted by molar-refractivity contribution is 6.33. The minimum Gasteiger partial charge on any atom is -0.383 e. The van der Waals surface area contributed by atoms with Crippen molar-refractivity contribution in [2.45, 2.75) is 0 Å². The van der Waals surface area contributed by atoms with Crippen LogP contribution in [0.15, 0.2) is 30.3 Å². The van der Waals surface area contributed by atoms with Gasteiger partial charge in [-0.05, 0) is 18.2 Å². The molecule has 0 amide bonds. The van der Waals surface area contributed by atoms with E-state index in [1.165, 1.54) is 12.1 Å². The number of benzene rings is 1. The number of hydrogen-bond acceptors (Lipinski definition) is 2. The van der Waals surface area contributed by atoms with Gasteiger partial charge in [-0.2, -0.15) is 0 Å². The minimum atomic E-state index is -0.408. The van der Waals surface area contributed by atoms with Crippen molar-refractivity contribution in [3.63, 3.8) is 0 Å². The molecule has 0 fully saturated rings. The molecule has 17 heavy (non-hydrogen) atoms. The number of nitrogens with zero attached hydrogens (tertiary/aromatic N) is 1. The molecule has 1 aromatic carbocycles. The first-order chi connectivity index (χ1) is 8.13. The molecule has 2 nitrogen and oxygen atoms in total. The van der Waals surface area contributed by atoms with Crippen molar-refractivity contribution >= 4 is 17.4 Å². The summed E-state index contributed by atoms with van der Waals surface area (Å²) in [6.07, 6.45) is 5.24. The Hall–Kier alpha value is -2.05. The van der Waals surface area contributed by atoms with Crippen molar-refractivity contribution in [1.82, 2.24) is 4.98 Å². The van der Waals surface area contributed by atoms with Gasteiger partial charge in [-0.25, -0.2) is 9.37 Å². The Morgan fingerprint density at radius 2 is 2.06 bits per heavy atom. The molecule has 0 unspecified atom stereocenters. The summed E-state index contributed by atoms with van der Waals surface area (Å²) in [6, 6.07) is 7.70. The summed E-state index contributed by atoms with van der Waals surface area (Å²) in [5.41, 5.74) is 6.64. The number of nitrogen functional groups attached to an aromatic ring is 1. The van der Waals surface area contributed by atoms with E-state index in [-0.39, 0.29) is 10.8 Å². The lowest BCUT2D eigenvalue weighted by Crippen LogP contribution is -1.98. The van der Waals surface area contributed by atoms with E-state index >= 15 is 0 Å². The zero-order valence-electron chi connectivity index (χ0n) is 8.74. The summed E-state index contributed by atoms with van der Waals surface area (Å²) >= 11 is 6.01. The predicted molar refractivity (Wildman–Crippen MR) is 67.0 cm³/mol. The largest absolute Gasteiger partial charge is 0.383 e. The zero-order valence-corrected chi connectivity index (χ0v) is 9.50. The molecule has 0 aliphatic carbocycles. The van der Waals surface area contributed by atoms with Crippen LogP contribution in [0.25, 0.3) is 11.3 Å². The highest BCUT2D eigenvalue weighted by Crippen LogP contribution is 2.30. The zero-order chi connectivity index (χ0) is 12.4. The van der Waals surface area contributed by atoms with Crippen molar-refractivity contribution in [3.8, 4) is 23.6 Å². The summed E-state index contributed by atoms with van der Waals surface area (Å²) in [7, 11) is 0. The molecule has 1 heterocycles. The van der Waals surface area contributed by atoms with Crippen LogP contribution in [-0.4, -0.2) is 4.98 Å². The maximum Gasteiger partial charge on any atom is 0.140 e. The molecule has 0 saturated carbocycles. The summed E-state index contributed by atoms with van der Waals surface area (Å²) in [5, 5.41) is 0.275. The van der Waals surface area contributed by atoms with Gasteiger partial charge in [-0.1, -0.05) is 29.7 Å². The number of hydrogen-bond donors (Lipinski definition) is 1. The third kappa shape index (κ3) is 2.08. The number of halogens is 2. The summed E-state index contributed by atoms with van der Waals surface area (Å²) in [6.45, 7) is 0. The number of aromatic nitrogens is 1. The van der Waals surface area contributed by atoms with Gasteiger partial charge in [0.1, 0.15) is 11.6 Å². The fourth-order valence-corrected chi connectivity index (χ4v) is 1.71. The maximum absolute atomic E-state index is 13.6. The van der Waals surface area contributed by atoms with Crippen molar-refractivity contribution in [1.29, 1.82) is 0 Å². The smallest absolute Gasteiger partial charge is 0.140 e. The normalized spacial score (nSPS) is 9.94. The third-order valence-corrected chi connectivity index (χ3v) is 2.58. The average molecular weight is 247 g/mol. The quantitative estimate of drug-likeness (QED) is 0.786. The van der Waals surface area contributed by atoms with Crippen LogP contribution >= 0.6 is 11.6 Å². The van der Waals surface area contributed by atoms with Gasteiger partial charge in [0.2, 0.25) is 0 Å². The van der Waals surface area contributed by atoms with Crippen LogP contribution in [0.1, 0.15) is 5.56 Å². The Labute approximate surface area is 103 Å². The fourth-order valence-electron chi connectivity index (χ4n) is 1.46. The molecule has 2 N–H and O–H groups in total. The summed E-state index contributed by atoms with van der Waals surface area (Å²) < 4.78 is 13.6. The van der Waals surface area contributed by atoms with Gasteiger partial charge in [0.05, 0.1) is 16.3 Å². The molecule has 0 saturated heterocycles. The Morgan fingerprint density at radius 3 is 2.71 bits per heavy atom. The van der Waals surface area contributed by atoms with E-state index in [1.54, 1.807) is 18.2 Å². The van der Waals surface area contributed by atoms with Crippen LogP contribution in [-0.2, 0) is 0 Å². The molecule has 2 aromatic rings. The van der Waals surface area contributed by atoms with Gasteiger partial charge in [0, 0.05) is 5.56 Å². The topological polar surface area (TPSA) is 38.9 Å². The van der Waals surface area contributed by atoms with E-state index in [1.807, 2.05) is 0 Å². The molecule has 0 radical (unpaired) electrons. The van der Waals surface area contributed by atoms with Crippen LogP contribution < -0.4 is 5.73 Å². The second-order valence-corrected chi connectivity index (χ2v) is 3.78. The van der Waals surface area contributed by atoms with E-state index in [9.17, 15) is 4.39 Å². The molecule has 84 valence electrons. The molecule has 2 rings (SSSR count). The first-order valence-corrected chi connectivity index (χ1v) is 5.19. The number of nitrogens with two attached hydrogens (primary N) is 1. The molecular formula is C13H8ClFN2. The molecular weight excluding hydrogens is 239 g/mol. The molecule has 0 aliphatic heterocycles. The molecule has 0 aliphatic rings. The second kappa shape index (κ2) is 4.44. The Balaban J connectivity index is 2.66. The lowest BCUT2D eigenvalue weighted by Gasteiger charge is -2.07. The summed E-state index contributed by atoms with van der Waals surface area (Å²) in [5.74, 6) is 2.12. The monoisotopic (exact) mass is 246 g/mol. The van der Waals surface area contributed by atoms with Crippen molar-refractivity contribution in [2.75, 3.05) is 5.73 Å². The lowest BCUT2D eigenvalue weighted by atomic mass is 10.1. The van der Waals surface area contributed by atoms with Crippen LogP contribution in [0.4, 0.5) is 10.2 Å². The van der Waals surface area contributed by atoms with E-state index < -0.39 is 5.82 Å². The number of terminal acetylenes is 1. The van der Waals surface area contributed by atoms with Crippen LogP contribution in [0.3, 0.4) is 0 Å². The van der Waals surface area contributed by atoms with Crippen molar-refractivity contribution < 1.29 is 4.39 Å². The number of rotatable bonds is 1. The highest BCUT2D eigenvalue weighted by atomic mass is 35.5. The van der Waals surface area contributed by atoms with Gasteiger partial charge >= 0.3 is 0 Å². The SMILES string of the molecule is C#Cc1cc(Cl)c(-c2ccccc2F)nc1N. The fraction of sp³-hybridized carbons (Fsp3) is 0. The third-order valence-electron chi connectivity index (χ3n) is 2.29. The molecule has 0 atom stereocenters. The van der Waals surface area contributed by atoms with E-state index in [4.69, 9.17) is 23.8 Å². The number of anilines is 1. The van der Waals surface area contributed by atoms with Gasteiger partial charge < -0.3 is 5.73 Å². The van der Waals surface area contributed by atoms with E-state index in [0.717, 1.165) is 0 Å². The highest BCUT2D eigenvalue weighted by Gasteiger charge is 2.12.